The predicted molar refractivity (Wildman–Crippen MR) is 65.5 cm³/mol. The van der Waals surface area contributed by atoms with Crippen LogP contribution in [0.15, 0.2) is 24.3 Å². The van der Waals surface area contributed by atoms with Gasteiger partial charge in [-0.15, -0.1) is 0 Å². The molecular weight excluding hydrogens is 202 g/mol. The molecule has 88 valence electrons. The van der Waals surface area contributed by atoms with Gasteiger partial charge in [0.2, 0.25) is 5.91 Å². The van der Waals surface area contributed by atoms with Gasteiger partial charge >= 0.3 is 0 Å². The minimum Gasteiger partial charge on any atom is -0.508 e. The van der Waals surface area contributed by atoms with Crippen LogP contribution in [0.5, 0.6) is 5.75 Å². The van der Waals surface area contributed by atoms with E-state index >= 15 is 0 Å². The number of phenolic OH excluding ortho intramolecular Hbond substituents is 1. The largest absolute Gasteiger partial charge is 0.508 e. The summed E-state index contributed by atoms with van der Waals surface area (Å²) in [5.74, 6) is 0.537. The Labute approximate surface area is 96.7 Å². The van der Waals surface area contributed by atoms with E-state index in [2.05, 4.69) is 0 Å². The summed E-state index contributed by atoms with van der Waals surface area (Å²) in [6, 6.07) is 6.72. The smallest absolute Gasteiger partial charge is 0.229 e. The topological polar surface area (TPSA) is 40.5 Å². The minimum absolute atomic E-state index is 0.0210. The highest BCUT2D eigenvalue weighted by Crippen LogP contribution is 2.22. The Morgan fingerprint density at radius 2 is 1.94 bits per heavy atom. The Morgan fingerprint density at radius 1 is 1.31 bits per heavy atom. The maximum Gasteiger partial charge on any atom is 0.229 e. The van der Waals surface area contributed by atoms with Gasteiger partial charge in [-0.3, -0.25) is 4.79 Å². The maximum absolute atomic E-state index is 12.0. The van der Waals surface area contributed by atoms with E-state index in [1.807, 2.05) is 26.8 Å². The summed E-state index contributed by atoms with van der Waals surface area (Å²) in [6.45, 7) is 5.98. The van der Waals surface area contributed by atoms with Crippen molar-refractivity contribution in [1.29, 1.82) is 0 Å². The standard InChI is InChI=1S/C13H19NO2/c1-9(2)10(3)13(16)14(4)11-6-5-7-12(15)8-11/h5-10,15H,1-4H3. The first-order chi connectivity index (χ1) is 7.43. The SMILES string of the molecule is CC(C)C(C)C(=O)N(C)c1cccc(O)c1. The number of anilines is 1. The van der Waals surface area contributed by atoms with Gasteiger partial charge in [0.25, 0.3) is 0 Å². The molecule has 16 heavy (non-hydrogen) atoms. The summed E-state index contributed by atoms with van der Waals surface area (Å²) in [6.07, 6.45) is 0. The van der Waals surface area contributed by atoms with Crippen molar-refractivity contribution in [3.63, 3.8) is 0 Å². The summed E-state index contributed by atoms with van der Waals surface area (Å²) >= 11 is 0. The lowest BCUT2D eigenvalue weighted by Crippen LogP contribution is -2.33. The maximum atomic E-state index is 12.0. The predicted octanol–water partition coefficient (Wildman–Crippen LogP) is 2.65. The number of carbonyl (C=O) groups is 1. The van der Waals surface area contributed by atoms with Crippen molar-refractivity contribution in [2.24, 2.45) is 11.8 Å². The van der Waals surface area contributed by atoms with Gasteiger partial charge in [-0.2, -0.15) is 0 Å². The van der Waals surface area contributed by atoms with Gasteiger partial charge in [-0.25, -0.2) is 0 Å². The Morgan fingerprint density at radius 3 is 2.44 bits per heavy atom. The third kappa shape index (κ3) is 2.75. The quantitative estimate of drug-likeness (QED) is 0.852. The second kappa shape index (κ2) is 5.01. The van der Waals surface area contributed by atoms with Crippen molar-refractivity contribution in [1.82, 2.24) is 0 Å². The molecular formula is C13H19NO2. The van der Waals surface area contributed by atoms with Crippen LogP contribution < -0.4 is 4.90 Å². The molecule has 1 rings (SSSR count). The molecule has 3 nitrogen and oxygen atoms in total. The molecule has 0 aromatic heterocycles. The molecule has 3 heteroatoms. The highest BCUT2D eigenvalue weighted by molar-refractivity contribution is 5.94. The molecule has 0 radical (unpaired) electrons. The highest BCUT2D eigenvalue weighted by Gasteiger charge is 2.21. The van der Waals surface area contributed by atoms with E-state index in [4.69, 9.17) is 0 Å². The van der Waals surface area contributed by atoms with Crippen molar-refractivity contribution >= 4 is 11.6 Å². The molecule has 0 heterocycles. The third-order valence-corrected chi connectivity index (χ3v) is 2.94. The first-order valence-electron chi connectivity index (χ1n) is 5.50. The zero-order chi connectivity index (χ0) is 12.3. The zero-order valence-corrected chi connectivity index (χ0v) is 10.3. The lowest BCUT2D eigenvalue weighted by molar-refractivity contribution is -0.122. The van der Waals surface area contributed by atoms with Crippen LogP contribution in [-0.2, 0) is 4.79 Å². The molecule has 1 unspecified atom stereocenters. The van der Waals surface area contributed by atoms with Gasteiger partial charge in [-0.1, -0.05) is 26.8 Å². The zero-order valence-electron chi connectivity index (χ0n) is 10.3. The molecule has 1 atom stereocenters. The number of nitrogens with zero attached hydrogens (tertiary/aromatic N) is 1. The fourth-order valence-corrected chi connectivity index (χ4v) is 1.42. The van der Waals surface area contributed by atoms with Crippen molar-refractivity contribution in [3.8, 4) is 5.75 Å². The molecule has 1 aromatic carbocycles. The van der Waals surface area contributed by atoms with Crippen molar-refractivity contribution < 1.29 is 9.90 Å². The molecule has 1 amide bonds. The van der Waals surface area contributed by atoms with Gasteiger partial charge in [-0.05, 0) is 18.1 Å². The fraction of sp³-hybridized carbons (Fsp3) is 0.462. The van der Waals surface area contributed by atoms with Crippen LogP contribution in [0.2, 0.25) is 0 Å². The van der Waals surface area contributed by atoms with E-state index in [0.717, 1.165) is 5.69 Å². The lowest BCUT2D eigenvalue weighted by atomic mass is 9.96. The first kappa shape index (κ1) is 12.6. The lowest BCUT2D eigenvalue weighted by Gasteiger charge is -2.23. The number of aromatic hydroxyl groups is 1. The van der Waals surface area contributed by atoms with Gasteiger partial charge in [0.05, 0.1) is 0 Å². The fourth-order valence-electron chi connectivity index (χ4n) is 1.42. The summed E-state index contributed by atoms with van der Waals surface area (Å²) < 4.78 is 0. The molecule has 0 fully saturated rings. The summed E-state index contributed by atoms with van der Waals surface area (Å²) in [4.78, 5) is 13.6. The Bertz CT molecular complexity index is 374. The highest BCUT2D eigenvalue weighted by atomic mass is 16.3. The van der Waals surface area contributed by atoms with Gasteiger partial charge in [0.1, 0.15) is 5.75 Å². The Hall–Kier alpha value is -1.51. The molecule has 1 aromatic rings. The van der Waals surface area contributed by atoms with Crippen molar-refractivity contribution in [2.45, 2.75) is 20.8 Å². The summed E-state index contributed by atoms with van der Waals surface area (Å²) in [5.41, 5.74) is 0.720. The average Bonchev–Trinajstić information content (AvgIpc) is 2.26. The first-order valence-corrected chi connectivity index (χ1v) is 5.50. The van der Waals surface area contributed by atoms with Gasteiger partial charge < -0.3 is 10.0 Å². The number of amides is 1. The molecule has 0 aliphatic rings. The van der Waals surface area contributed by atoms with Crippen LogP contribution in [0.4, 0.5) is 5.69 Å². The van der Waals surface area contributed by atoms with Gasteiger partial charge in [0.15, 0.2) is 0 Å². The Balaban J connectivity index is 2.86. The molecule has 0 spiro atoms. The van der Waals surface area contributed by atoms with E-state index in [1.54, 1.807) is 30.1 Å². The van der Waals surface area contributed by atoms with Crippen LogP contribution in [0, 0.1) is 11.8 Å². The molecule has 1 N–H and O–H groups in total. The number of rotatable bonds is 3. The second-order valence-electron chi connectivity index (χ2n) is 4.45. The van der Waals surface area contributed by atoms with Crippen LogP contribution >= 0.6 is 0 Å². The summed E-state index contributed by atoms with van der Waals surface area (Å²) in [7, 11) is 1.73. The number of benzene rings is 1. The normalized spacial score (nSPS) is 12.6. The van der Waals surface area contributed by atoms with E-state index in [9.17, 15) is 9.90 Å². The molecule has 0 saturated carbocycles. The number of hydrogen-bond donors (Lipinski definition) is 1. The van der Waals surface area contributed by atoms with E-state index < -0.39 is 0 Å². The molecule has 0 aliphatic heterocycles. The van der Waals surface area contributed by atoms with Crippen LogP contribution in [0.1, 0.15) is 20.8 Å². The summed E-state index contributed by atoms with van der Waals surface area (Å²) in [5, 5.41) is 9.35. The molecule has 0 saturated heterocycles. The number of carbonyl (C=O) groups excluding carboxylic acids is 1. The van der Waals surface area contributed by atoms with E-state index in [0.29, 0.717) is 5.92 Å². The number of hydrogen-bond acceptors (Lipinski definition) is 2. The van der Waals surface area contributed by atoms with E-state index in [-0.39, 0.29) is 17.6 Å². The van der Waals surface area contributed by atoms with Crippen LogP contribution in [0.25, 0.3) is 0 Å². The van der Waals surface area contributed by atoms with E-state index in [1.165, 1.54) is 0 Å². The third-order valence-electron chi connectivity index (χ3n) is 2.94. The monoisotopic (exact) mass is 221 g/mol. The Kier molecular flexibility index (Phi) is 3.93. The molecule has 0 aliphatic carbocycles. The molecule has 0 bridgehead atoms. The van der Waals surface area contributed by atoms with Crippen LogP contribution in [0.3, 0.4) is 0 Å². The average molecular weight is 221 g/mol. The van der Waals surface area contributed by atoms with Crippen LogP contribution in [-0.4, -0.2) is 18.1 Å². The minimum atomic E-state index is -0.0210. The van der Waals surface area contributed by atoms with Gasteiger partial charge in [0, 0.05) is 24.7 Å². The number of phenols is 1. The van der Waals surface area contributed by atoms with Crippen molar-refractivity contribution in [3.05, 3.63) is 24.3 Å². The second-order valence-corrected chi connectivity index (χ2v) is 4.45. The van der Waals surface area contributed by atoms with Crippen molar-refractivity contribution in [2.75, 3.05) is 11.9 Å².